The van der Waals surface area contributed by atoms with Crippen LogP contribution in [0.4, 0.5) is 5.69 Å². The van der Waals surface area contributed by atoms with Crippen molar-refractivity contribution in [3.8, 4) is 0 Å². The molecule has 0 saturated carbocycles. The second kappa shape index (κ2) is 5.32. The molecular formula is C14H22N2O. The fourth-order valence-electron chi connectivity index (χ4n) is 1.50. The number of rotatable bonds is 4. The SMILES string of the molecule is CC(C)c1ccccc1NC(=O)C(C)(C)CN. The van der Waals surface area contributed by atoms with Crippen LogP contribution in [0, 0.1) is 5.41 Å². The summed E-state index contributed by atoms with van der Waals surface area (Å²) in [4.78, 5) is 12.0. The first-order chi connectivity index (χ1) is 7.88. The molecule has 1 aromatic carbocycles. The summed E-state index contributed by atoms with van der Waals surface area (Å²) in [6.07, 6.45) is 0. The number of benzene rings is 1. The van der Waals surface area contributed by atoms with Crippen molar-refractivity contribution in [3.63, 3.8) is 0 Å². The van der Waals surface area contributed by atoms with E-state index in [1.54, 1.807) is 0 Å². The first kappa shape index (κ1) is 13.7. The minimum atomic E-state index is -0.538. The lowest BCUT2D eigenvalue weighted by Gasteiger charge is -2.23. The highest BCUT2D eigenvalue weighted by Crippen LogP contribution is 2.25. The van der Waals surface area contributed by atoms with Gasteiger partial charge in [0.05, 0.1) is 5.41 Å². The highest BCUT2D eigenvalue weighted by molar-refractivity contribution is 5.95. The largest absolute Gasteiger partial charge is 0.329 e. The molecule has 0 aliphatic heterocycles. The van der Waals surface area contributed by atoms with Crippen molar-refractivity contribution in [3.05, 3.63) is 29.8 Å². The fourth-order valence-corrected chi connectivity index (χ4v) is 1.50. The lowest BCUT2D eigenvalue weighted by molar-refractivity contribution is -0.123. The lowest BCUT2D eigenvalue weighted by Crippen LogP contribution is -2.37. The molecule has 0 atom stereocenters. The molecule has 0 unspecified atom stereocenters. The van der Waals surface area contributed by atoms with Gasteiger partial charge in [-0.15, -0.1) is 0 Å². The number of anilines is 1. The fraction of sp³-hybridized carbons (Fsp3) is 0.500. The molecule has 1 amide bonds. The third-order valence-electron chi connectivity index (χ3n) is 2.96. The minimum absolute atomic E-state index is 0.0342. The van der Waals surface area contributed by atoms with Crippen molar-refractivity contribution < 1.29 is 4.79 Å². The van der Waals surface area contributed by atoms with E-state index in [4.69, 9.17) is 5.73 Å². The van der Waals surface area contributed by atoms with E-state index in [0.29, 0.717) is 12.5 Å². The van der Waals surface area contributed by atoms with Gasteiger partial charge in [0, 0.05) is 12.2 Å². The van der Waals surface area contributed by atoms with Crippen molar-refractivity contribution >= 4 is 11.6 Å². The molecule has 17 heavy (non-hydrogen) atoms. The molecule has 3 nitrogen and oxygen atoms in total. The van der Waals surface area contributed by atoms with Crippen LogP contribution in [0.1, 0.15) is 39.2 Å². The summed E-state index contributed by atoms with van der Waals surface area (Å²) in [5, 5.41) is 2.96. The van der Waals surface area contributed by atoms with Gasteiger partial charge in [-0.3, -0.25) is 4.79 Å². The topological polar surface area (TPSA) is 55.1 Å². The zero-order valence-electron chi connectivity index (χ0n) is 11.1. The van der Waals surface area contributed by atoms with E-state index in [1.165, 1.54) is 0 Å². The van der Waals surface area contributed by atoms with Crippen molar-refractivity contribution in [2.75, 3.05) is 11.9 Å². The predicted octanol–water partition coefficient (Wildman–Crippen LogP) is 2.73. The average Bonchev–Trinajstić information content (AvgIpc) is 2.29. The van der Waals surface area contributed by atoms with E-state index in [9.17, 15) is 4.79 Å². The van der Waals surface area contributed by atoms with E-state index in [2.05, 4.69) is 19.2 Å². The van der Waals surface area contributed by atoms with Crippen LogP contribution in [0.2, 0.25) is 0 Å². The molecule has 0 fully saturated rings. The Morgan fingerprint density at radius 3 is 2.47 bits per heavy atom. The molecular weight excluding hydrogens is 212 g/mol. The second-order valence-corrected chi connectivity index (χ2v) is 5.28. The van der Waals surface area contributed by atoms with Gasteiger partial charge >= 0.3 is 0 Å². The van der Waals surface area contributed by atoms with Gasteiger partial charge < -0.3 is 11.1 Å². The number of amides is 1. The summed E-state index contributed by atoms with van der Waals surface area (Å²) in [5.74, 6) is 0.348. The van der Waals surface area contributed by atoms with E-state index in [1.807, 2.05) is 38.1 Å². The molecule has 0 aliphatic rings. The molecule has 0 aromatic heterocycles. The van der Waals surface area contributed by atoms with Crippen LogP contribution in [0.5, 0.6) is 0 Å². The van der Waals surface area contributed by atoms with E-state index < -0.39 is 5.41 Å². The molecule has 3 heteroatoms. The van der Waals surface area contributed by atoms with Gasteiger partial charge in [0.1, 0.15) is 0 Å². The van der Waals surface area contributed by atoms with Crippen LogP contribution in [-0.2, 0) is 4.79 Å². The van der Waals surface area contributed by atoms with Crippen LogP contribution in [0.3, 0.4) is 0 Å². The Kier molecular flexibility index (Phi) is 4.29. The summed E-state index contributed by atoms with van der Waals surface area (Å²) in [7, 11) is 0. The van der Waals surface area contributed by atoms with Gasteiger partial charge in [-0.1, -0.05) is 32.0 Å². The standard InChI is InChI=1S/C14H22N2O/c1-10(2)11-7-5-6-8-12(11)16-13(17)14(3,4)9-15/h5-8,10H,9,15H2,1-4H3,(H,16,17). The van der Waals surface area contributed by atoms with Crippen LogP contribution in [-0.4, -0.2) is 12.5 Å². The quantitative estimate of drug-likeness (QED) is 0.841. The summed E-state index contributed by atoms with van der Waals surface area (Å²) < 4.78 is 0. The number of carbonyl (C=O) groups is 1. The molecule has 0 spiro atoms. The predicted molar refractivity (Wildman–Crippen MR) is 72.0 cm³/mol. The smallest absolute Gasteiger partial charge is 0.231 e. The Morgan fingerprint density at radius 2 is 1.94 bits per heavy atom. The van der Waals surface area contributed by atoms with Crippen molar-refractivity contribution in [2.45, 2.75) is 33.6 Å². The molecule has 0 aliphatic carbocycles. The number of nitrogens with one attached hydrogen (secondary N) is 1. The average molecular weight is 234 g/mol. The maximum Gasteiger partial charge on any atom is 0.231 e. The monoisotopic (exact) mass is 234 g/mol. The summed E-state index contributed by atoms with van der Waals surface area (Å²) in [6, 6.07) is 7.88. The Hall–Kier alpha value is -1.35. The normalized spacial score (nSPS) is 11.6. The summed E-state index contributed by atoms with van der Waals surface area (Å²) in [5.41, 5.74) is 7.09. The van der Waals surface area contributed by atoms with Crippen LogP contribution < -0.4 is 11.1 Å². The van der Waals surface area contributed by atoms with Crippen molar-refractivity contribution in [2.24, 2.45) is 11.1 Å². The van der Waals surface area contributed by atoms with Crippen LogP contribution in [0.25, 0.3) is 0 Å². The Bertz CT molecular complexity index is 397. The van der Waals surface area contributed by atoms with Crippen LogP contribution in [0.15, 0.2) is 24.3 Å². The Labute approximate surface area is 103 Å². The van der Waals surface area contributed by atoms with E-state index in [-0.39, 0.29) is 5.91 Å². The number of para-hydroxylation sites is 1. The maximum atomic E-state index is 12.0. The third kappa shape index (κ3) is 3.30. The van der Waals surface area contributed by atoms with Gasteiger partial charge in [0.25, 0.3) is 0 Å². The molecule has 1 aromatic rings. The molecule has 0 heterocycles. The molecule has 1 rings (SSSR count). The van der Waals surface area contributed by atoms with E-state index in [0.717, 1.165) is 11.3 Å². The lowest BCUT2D eigenvalue weighted by atomic mass is 9.92. The highest BCUT2D eigenvalue weighted by atomic mass is 16.2. The minimum Gasteiger partial charge on any atom is -0.329 e. The van der Waals surface area contributed by atoms with E-state index >= 15 is 0 Å². The molecule has 0 radical (unpaired) electrons. The first-order valence-electron chi connectivity index (χ1n) is 5.99. The van der Waals surface area contributed by atoms with Crippen molar-refractivity contribution in [1.82, 2.24) is 0 Å². The Morgan fingerprint density at radius 1 is 1.35 bits per heavy atom. The number of nitrogens with two attached hydrogens (primary N) is 1. The van der Waals surface area contributed by atoms with Gasteiger partial charge in [0.2, 0.25) is 5.91 Å². The Balaban J connectivity index is 2.93. The number of carbonyl (C=O) groups excluding carboxylic acids is 1. The molecule has 94 valence electrons. The third-order valence-corrected chi connectivity index (χ3v) is 2.96. The molecule has 0 bridgehead atoms. The molecule has 3 N–H and O–H groups in total. The summed E-state index contributed by atoms with van der Waals surface area (Å²) in [6.45, 7) is 8.25. The van der Waals surface area contributed by atoms with Gasteiger partial charge in [0.15, 0.2) is 0 Å². The van der Waals surface area contributed by atoms with Gasteiger partial charge in [-0.2, -0.15) is 0 Å². The van der Waals surface area contributed by atoms with Crippen LogP contribution >= 0.6 is 0 Å². The highest BCUT2D eigenvalue weighted by Gasteiger charge is 2.26. The maximum absolute atomic E-state index is 12.0. The zero-order valence-corrected chi connectivity index (χ0v) is 11.1. The first-order valence-corrected chi connectivity index (χ1v) is 5.99. The van der Waals surface area contributed by atoms with Gasteiger partial charge in [-0.05, 0) is 31.4 Å². The number of hydrogen-bond donors (Lipinski definition) is 2. The molecule has 0 saturated heterocycles. The number of hydrogen-bond acceptors (Lipinski definition) is 2. The zero-order chi connectivity index (χ0) is 13.1. The second-order valence-electron chi connectivity index (χ2n) is 5.28. The summed E-state index contributed by atoms with van der Waals surface area (Å²) >= 11 is 0. The van der Waals surface area contributed by atoms with Crippen molar-refractivity contribution in [1.29, 1.82) is 0 Å². The van der Waals surface area contributed by atoms with Gasteiger partial charge in [-0.25, -0.2) is 0 Å².